The number of ether oxygens (including phenoxy) is 1. The topological polar surface area (TPSA) is 78.0 Å². The second kappa shape index (κ2) is 6.70. The molecule has 0 saturated heterocycles. The maximum atomic E-state index is 6.43. The highest BCUT2D eigenvalue weighted by atomic mass is 35.5. The first-order valence-electron chi connectivity index (χ1n) is 8.13. The predicted octanol–water partition coefficient (Wildman–Crippen LogP) is 4.32. The maximum absolute atomic E-state index is 6.43. The molecule has 2 aromatic carbocycles. The number of aromatic nitrogens is 3. The fraction of sp³-hybridized carbons (Fsp3) is 0.222. The summed E-state index contributed by atoms with van der Waals surface area (Å²) in [6, 6.07) is 13.2. The summed E-state index contributed by atoms with van der Waals surface area (Å²) in [5.74, 6) is 1.61. The molecule has 26 heavy (non-hydrogen) atoms. The number of methoxy groups -OCH3 is 1. The normalized spacial score (nSPS) is 18.9. The summed E-state index contributed by atoms with van der Waals surface area (Å²) in [6.07, 6.45) is 0.706. The second-order valence-electron chi connectivity index (χ2n) is 6.09. The Morgan fingerprint density at radius 3 is 2.77 bits per heavy atom. The number of nitrogen functional groups attached to an aromatic ring is 1. The molecule has 0 bridgehead atoms. The van der Waals surface area contributed by atoms with Gasteiger partial charge in [-0.3, -0.25) is 0 Å². The Morgan fingerprint density at radius 2 is 2.00 bits per heavy atom. The van der Waals surface area contributed by atoms with Crippen molar-refractivity contribution >= 4 is 35.1 Å². The third-order valence-corrected chi connectivity index (χ3v) is 5.10. The van der Waals surface area contributed by atoms with Crippen LogP contribution in [0.2, 0.25) is 10.0 Å². The van der Waals surface area contributed by atoms with Crippen LogP contribution >= 0.6 is 23.2 Å². The van der Waals surface area contributed by atoms with Gasteiger partial charge in [-0.1, -0.05) is 47.5 Å². The first kappa shape index (κ1) is 17.0. The van der Waals surface area contributed by atoms with Crippen molar-refractivity contribution in [2.45, 2.75) is 18.5 Å². The number of benzene rings is 2. The van der Waals surface area contributed by atoms with Gasteiger partial charge in [0.25, 0.3) is 0 Å². The van der Waals surface area contributed by atoms with E-state index in [9.17, 15) is 0 Å². The van der Waals surface area contributed by atoms with E-state index in [-0.39, 0.29) is 18.0 Å². The zero-order valence-electron chi connectivity index (χ0n) is 14.0. The minimum Gasteiger partial charge on any atom is -0.496 e. The maximum Gasteiger partial charge on any atom is 0.241 e. The molecular formula is C18H17Cl2N5O. The number of nitrogens with zero attached hydrogens (tertiary/aromatic N) is 3. The summed E-state index contributed by atoms with van der Waals surface area (Å²) in [4.78, 5) is 4.31. The summed E-state index contributed by atoms with van der Waals surface area (Å²) in [6.45, 7) is 0. The third kappa shape index (κ3) is 2.95. The SMILES string of the molecule is COc1ccccc1[C@H]1C[C@@H](c2ccc(Cl)cc2Cl)Nc2nc(N)nn21. The van der Waals surface area contributed by atoms with Crippen molar-refractivity contribution in [2.24, 2.45) is 0 Å². The van der Waals surface area contributed by atoms with Crippen LogP contribution in [-0.4, -0.2) is 21.9 Å². The number of hydrogen-bond donors (Lipinski definition) is 2. The van der Waals surface area contributed by atoms with Gasteiger partial charge >= 0.3 is 0 Å². The highest BCUT2D eigenvalue weighted by Gasteiger charge is 2.33. The van der Waals surface area contributed by atoms with E-state index in [0.717, 1.165) is 16.9 Å². The minimum atomic E-state index is -0.0936. The molecule has 0 fully saturated rings. The summed E-state index contributed by atoms with van der Waals surface area (Å²) in [5.41, 5.74) is 7.81. The lowest BCUT2D eigenvalue weighted by Crippen LogP contribution is -2.28. The van der Waals surface area contributed by atoms with Gasteiger partial charge in [0.15, 0.2) is 0 Å². The first-order chi connectivity index (χ1) is 12.6. The summed E-state index contributed by atoms with van der Waals surface area (Å²) in [5, 5.41) is 8.94. The molecule has 0 unspecified atom stereocenters. The lowest BCUT2D eigenvalue weighted by atomic mass is 9.93. The molecule has 1 aliphatic rings. The van der Waals surface area contributed by atoms with E-state index in [0.29, 0.717) is 22.4 Å². The first-order valence-corrected chi connectivity index (χ1v) is 8.89. The van der Waals surface area contributed by atoms with Gasteiger partial charge in [0.1, 0.15) is 5.75 Å². The lowest BCUT2D eigenvalue weighted by molar-refractivity contribution is 0.380. The highest BCUT2D eigenvalue weighted by molar-refractivity contribution is 6.35. The highest BCUT2D eigenvalue weighted by Crippen LogP contribution is 2.42. The van der Waals surface area contributed by atoms with Crippen molar-refractivity contribution in [1.29, 1.82) is 0 Å². The van der Waals surface area contributed by atoms with Crippen LogP contribution in [0.15, 0.2) is 42.5 Å². The van der Waals surface area contributed by atoms with Crippen molar-refractivity contribution in [1.82, 2.24) is 14.8 Å². The fourth-order valence-electron chi connectivity index (χ4n) is 3.38. The summed E-state index contributed by atoms with van der Waals surface area (Å²) < 4.78 is 7.34. The number of rotatable bonds is 3. The third-order valence-electron chi connectivity index (χ3n) is 4.54. The van der Waals surface area contributed by atoms with Gasteiger partial charge in [-0.15, -0.1) is 5.10 Å². The van der Waals surface area contributed by atoms with Crippen LogP contribution in [0.25, 0.3) is 0 Å². The molecule has 0 radical (unpaired) electrons. The zero-order valence-corrected chi connectivity index (χ0v) is 15.5. The Morgan fingerprint density at radius 1 is 1.19 bits per heavy atom. The van der Waals surface area contributed by atoms with Crippen molar-refractivity contribution in [3.8, 4) is 5.75 Å². The Balaban J connectivity index is 1.80. The Kier molecular flexibility index (Phi) is 4.38. The molecule has 0 spiro atoms. The Bertz CT molecular complexity index is 959. The Hall–Kier alpha value is -2.44. The number of nitrogens with two attached hydrogens (primary N) is 1. The number of nitrogens with one attached hydrogen (secondary N) is 1. The van der Waals surface area contributed by atoms with Gasteiger partial charge in [0, 0.05) is 15.6 Å². The zero-order chi connectivity index (χ0) is 18.3. The van der Waals surface area contributed by atoms with Gasteiger partial charge in [-0.25, -0.2) is 4.68 Å². The molecule has 1 aromatic heterocycles. The molecule has 2 atom stereocenters. The molecular weight excluding hydrogens is 373 g/mol. The van der Waals surface area contributed by atoms with Gasteiger partial charge in [-0.2, -0.15) is 4.98 Å². The molecule has 3 N–H and O–H groups in total. The largest absolute Gasteiger partial charge is 0.496 e. The van der Waals surface area contributed by atoms with Crippen molar-refractivity contribution in [3.63, 3.8) is 0 Å². The van der Waals surface area contributed by atoms with Crippen LogP contribution in [0, 0.1) is 0 Å². The summed E-state index contributed by atoms with van der Waals surface area (Å²) in [7, 11) is 1.66. The molecule has 0 aliphatic carbocycles. The number of fused-ring (bicyclic) bond motifs is 1. The van der Waals surface area contributed by atoms with Crippen LogP contribution in [0.1, 0.15) is 29.6 Å². The van der Waals surface area contributed by atoms with E-state index < -0.39 is 0 Å². The van der Waals surface area contributed by atoms with E-state index in [1.807, 2.05) is 36.4 Å². The van der Waals surface area contributed by atoms with Gasteiger partial charge in [-0.05, 0) is 30.2 Å². The molecule has 8 heteroatoms. The van der Waals surface area contributed by atoms with Crippen LogP contribution in [-0.2, 0) is 0 Å². The van der Waals surface area contributed by atoms with Gasteiger partial charge in [0.2, 0.25) is 11.9 Å². The van der Waals surface area contributed by atoms with Crippen molar-refractivity contribution in [3.05, 3.63) is 63.6 Å². The van der Waals surface area contributed by atoms with E-state index in [4.69, 9.17) is 33.7 Å². The number of halogens is 2. The molecule has 0 amide bonds. The predicted molar refractivity (Wildman–Crippen MR) is 103 cm³/mol. The number of para-hydroxylation sites is 1. The quantitative estimate of drug-likeness (QED) is 0.697. The van der Waals surface area contributed by atoms with Gasteiger partial charge in [0.05, 0.1) is 19.2 Å². The average Bonchev–Trinajstić information content (AvgIpc) is 3.01. The number of anilines is 2. The van der Waals surface area contributed by atoms with Crippen LogP contribution in [0.3, 0.4) is 0 Å². The Labute approximate surface area is 160 Å². The number of hydrogen-bond acceptors (Lipinski definition) is 5. The molecule has 2 heterocycles. The lowest BCUT2D eigenvalue weighted by Gasteiger charge is -2.32. The van der Waals surface area contributed by atoms with E-state index in [1.54, 1.807) is 17.9 Å². The average molecular weight is 390 g/mol. The van der Waals surface area contributed by atoms with Crippen LogP contribution in [0.5, 0.6) is 5.75 Å². The minimum absolute atomic E-state index is 0.0641. The van der Waals surface area contributed by atoms with Crippen LogP contribution < -0.4 is 15.8 Å². The summed E-state index contributed by atoms with van der Waals surface area (Å²) >= 11 is 12.5. The van der Waals surface area contributed by atoms with Gasteiger partial charge < -0.3 is 15.8 Å². The van der Waals surface area contributed by atoms with E-state index in [2.05, 4.69) is 15.4 Å². The molecule has 134 valence electrons. The van der Waals surface area contributed by atoms with Crippen molar-refractivity contribution < 1.29 is 4.74 Å². The second-order valence-corrected chi connectivity index (χ2v) is 6.94. The van der Waals surface area contributed by atoms with Crippen molar-refractivity contribution in [2.75, 3.05) is 18.2 Å². The smallest absolute Gasteiger partial charge is 0.241 e. The molecule has 6 nitrogen and oxygen atoms in total. The molecule has 1 aliphatic heterocycles. The monoisotopic (exact) mass is 389 g/mol. The molecule has 4 rings (SSSR count). The van der Waals surface area contributed by atoms with Crippen LogP contribution in [0.4, 0.5) is 11.9 Å². The molecule has 3 aromatic rings. The van der Waals surface area contributed by atoms with E-state index in [1.165, 1.54) is 0 Å². The van der Waals surface area contributed by atoms with E-state index >= 15 is 0 Å². The standard InChI is InChI=1S/C18H17Cl2N5O/c1-26-16-5-3-2-4-12(16)15-9-14(11-7-6-10(19)8-13(11)20)22-18-23-17(21)24-25(15)18/h2-8,14-15H,9H2,1H3,(H3,21,22,23,24)/t14-,15+/m0/s1. The fourth-order valence-corrected chi connectivity index (χ4v) is 3.92. The molecule has 0 saturated carbocycles.